The molecule has 0 aliphatic carbocycles. The van der Waals surface area contributed by atoms with Crippen LogP contribution in [-0.2, 0) is 16.6 Å². The number of fused-ring (bicyclic) bond motifs is 1. The van der Waals surface area contributed by atoms with Crippen molar-refractivity contribution in [1.82, 2.24) is 19.0 Å². The van der Waals surface area contributed by atoms with Crippen LogP contribution in [0.25, 0.3) is 5.52 Å². The summed E-state index contributed by atoms with van der Waals surface area (Å²) < 4.78 is 40.4. The predicted molar refractivity (Wildman–Crippen MR) is 111 cm³/mol. The van der Waals surface area contributed by atoms with Gasteiger partial charge in [-0.15, -0.1) is 0 Å². The number of piperidine rings is 1. The molecule has 1 aliphatic rings. The fraction of sp³-hybridized carbons (Fsp3) is 0.333. The van der Waals surface area contributed by atoms with Crippen LogP contribution in [0.15, 0.2) is 48.7 Å². The van der Waals surface area contributed by atoms with E-state index in [1.54, 1.807) is 12.1 Å². The standard InChI is InChI=1S/C21H23FN4O3S/c1-30(28,29)25-11-4-5-16(14-25)20-24-19(18-6-2-3-12-26(18)20)21(27)23-13-15-7-9-17(22)10-8-15/h2-3,6-10,12,16H,4-5,11,13-14H2,1H3,(H,23,27). The topological polar surface area (TPSA) is 83.8 Å². The molecule has 1 amide bonds. The molecule has 0 bridgehead atoms. The van der Waals surface area contributed by atoms with Crippen LogP contribution in [0.5, 0.6) is 0 Å². The number of benzene rings is 1. The van der Waals surface area contributed by atoms with Crippen molar-refractivity contribution in [2.75, 3.05) is 19.3 Å². The summed E-state index contributed by atoms with van der Waals surface area (Å²) in [6.07, 6.45) is 4.60. The highest BCUT2D eigenvalue weighted by atomic mass is 32.2. The summed E-state index contributed by atoms with van der Waals surface area (Å²) in [6.45, 7) is 1.11. The van der Waals surface area contributed by atoms with Crippen LogP contribution in [0.3, 0.4) is 0 Å². The molecule has 1 aromatic carbocycles. The Labute approximate surface area is 174 Å². The SMILES string of the molecule is CS(=O)(=O)N1CCCC(c2nc(C(=O)NCc3ccc(F)cc3)c3ccccn23)C1. The van der Waals surface area contributed by atoms with E-state index in [9.17, 15) is 17.6 Å². The first kappa shape index (κ1) is 20.5. The van der Waals surface area contributed by atoms with Gasteiger partial charge >= 0.3 is 0 Å². The summed E-state index contributed by atoms with van der Waals surface area (Å²) in [4.78, 5) is 17.5. The third-order valence-corrected chi connectivity index (χ3v) is 6.65. The van der Waals surface area contributed by atoms with Gasteiger partial charge in [0.2, 0.25) is 10.0 Å². The van der Waals surface area contributed by atoms with Crippen LogP contribution in [-0.4, -0.2) is 47.4 Å². The number of rotatable bonds is 5. The summed E-state index contributed by atoms with van der Waals surface area (Å²) in [6, 6.07) is 11.4. The van der Waals surface area contributed by atoms with Crippen molar-refractivity contribution in [3.8, 4) is 0 Å². The summed E-state index contributed by atoms with van der Waals surface area (Å²) in [5, 5.41) is 2.83. The van der Waals surface area contributed by atoms with Crippen molar-refractivity contribution in [1.29, 1.82) is 0 Å². The largest absolute Gasteiger partial charge is 0.347 e. The monoisotopic (exact) mass is 430 g/mol. The summed E-state index contributed by atoms with van der Waals surface area (Å²) in [7, 11) is -3.28. The molecular formula is C21H23FN4O3S. The second-order valence-corrected chi connectivity index (χ2v) is 9.53. The van der Waals surface area contributed by atoms with Gasteiger partial charge in [-0.25, -0.2) is 22.1 Å². The van der Waals surface area contributed by atoms with E-state index in [1.807, 2.05) is 28.8 Å². The highest BCUT2D eigenvalue weighted by molar-refractivity contribution is 7.88. The molecule has 4 rings (SSSR count). The first-order valence-corrected chi connectivity index (χ1v) is 11.6. The van der Waals surface area contributed by atoms with E-state index in [0.29, 0.717) is 30.1 Å². The molecule has 1 unspecified atom stereocenters. The number of carbonyl (C=O) groups is 1. The van der Waals surface area contributed by atoms with Gasteiger partial charge in [0, 0.05) is 31.7 Å². The van der Waals surface area contributed by atoms with E-state index < -0.39 is 10.0 Å². The van der Waals surface area contributed by atoms with E-state index in [-0.39, 0.29) is 24.2 Å². The molecule has 1 aliphatic heterocycles. The lowest BCUT2D eigenvalue weighted by molar-refractivity contribution is 0.0948. The summed E-state index contributed by atoms with van der Waals surface area (Å²) in [5.74, 6) is -0.0663. The number of nitrogens with one attached hydrogen (secondary N) is 1. The molecule has 2 aromatic heterocycles. The van der Waals surface area contributed by atoms with Crippen LogP contribution < -0.4 is 5.32 Å². The van der Waals surface area contributed by atoms with Gasteiger partial charge < -0.3 is 9.72 Å². The van der Waals surface area contributed by atoms with Gasteiger partial charge in [0.25, 0.3) is 5.91 Å². The molecule has 30 heavy (non-hydrogen) atoms. The number of amides is 1. The van der Waals surface area contributed by atoms with Crippen molar-refractivity contribution in [2.45, 2.75) is 25.3 Å². The van der Waals surface area contributed by atoms with Crippen LogP contribution in [0.4, 0.5) is 4.39 Å². The highest BCUT2D eigenvalue weighted by Gasteiger charge is 2.30. The van der Waals surface area contributed by atoms with Crippen molar-refractivity contribution >= 4 is 21.4 Å². The maximum absolute atomic E-state index is 13.1. The second-order valence-electron chi connectivity index (χ2n) is 7.54. The van der Waals surface area contributed by atoms with E-state index in [4.69, 9.17) is 0 Å². The number of sulfonamides is 1. The highest BCUT2D eigenvalue weighted by Crippen LogP contribution is 2.29. The van der Waals surface area contributed by atoms with E-state index in [1.165, 1.54) is 22.7 Å². The molecule has 0 spiro atoms. The fourth-order valence-electron chi connectivity index (χ4n) is 3.84. The third kappa shape index (κ3) is 4.22. The van der Waals surface area contributed by atoms with Gasteiger partial charge in [0.1, 0.15) is 11.6 Å². The summed E-state index contributed by atoms with van der Waals surface area (Å²) in [5.41, 5.74) is 1.74. The molecule has 9 heteroatoms. The molecule has 158 valence electrons. The number of halogens is 1. The Morgan fingerprint density at radius 1 is 1.23 bits per heavy atom. The molecular weight excluding hydrogens is 407 g/mol. The molecule has 1 fully saturated rings. The van der Waals surface area contributed by atoms with E-state index >= 15 is 0 Å². The fourth-order valence-corrected chi connectivity index (χ4v) is 4.75. The average Bonchev–Trinajstić information content (AvgIpc) is 3.12. The lowest BCUT2D eigenvalue weighted by Crippen LogP contribution is -2.38. The van der Waals surface area contributed by atoms with E-state index in [2.05, 4.69) is 10.3 Å². The number of nitrogens with zero attached hydrogens (tertiary/aromatic N) is 3. The smallest absolute Gasteiger partial charge is 0.272 e. The van der Waals surface area contributed by atoms with Gasteiger partial charge in [-0.2, -0.15) is 0 Å². The molecule has 3 aromatic rings. The molecule has 0 radical (unpaired) electrons. The Morgan fingerprint density at radius 2 is 2.00 bits per heavy atom. The summed E-state index contributed by atoms with van der Waals surface area (Å²) >= 11 is 0. The minimum Gasteiger partial charge on any atom is -0.347 e. The van der Waals surface area contributed by atoms with Gasteiger partial charge in [0.15, 0.2) is 5.69 Å². The Bertz CT molecular complexity index is 1170. The molecule has 3 heterocycles. The molecule has 1 atom stereocenters. The van der Waals surface area contributed by atoms with Crippen LogP contribution in [0, 0.1) is 5.82 Å². The first-order chi connectivity index (χ1) is 14.3. The zero-order valence-corrected chi connectivity index (χ0v) is 17.4. The van der Waals surface area contributed by atoms with Crippen molar-refractivity contribution in [3.05, 3.63) is 71.6 Å². The molecule has 1 N–H and O–H groups in total. The van der Waals surface area contributed by atoms with Crippen LogP contribution >= 0.6 is 0 Å². The number of imidazole rings is 1. The number of hydrogen-bond acceptors (Lipinski definition) is 4. The minimum absolute atomic E-state index is 0.0953. The van der Waals surface area contributed by atoms with Gasteiger partial charge in [0.05, 0.1) is 11.8 Å². The maximum Gasteiger partial charge on any atom is 0.272 e. The Morgan fingerprint density at radius 3 is 2.73 bits per heavy atom. The predicted octanol–water partition coefficient (Wildman–Crippen LogP) is 2.54. The van der Waals surface area contributed by atoms with E-state index in [0.717, 1.165) is 18.4 Å². The van der Waals surface area contributed by atoms with Crippen LogP contribution in [0.1, 0.15) is 40.6 Å². The van der Waals surface area contributed by atoms with Gasteiger partial charge in [-0.05, 0) is 42.7 Å². The van der Waals surface area contributed by atoms with Crippen molar-refractivity contribution in [2.24, 2.45) is 0 Å². The average molecular weight is 431 g/mol. The Balaban J connectivity index is 1.60. The number of pyridine rings is 1. The molecule has 0 saturated carbocycles. The quantitative estimate of drug-likeness (QED) is 0.674. The Hall–Kier alpha value is -2.78. The normalized spacial score (nSPS) is 17.9. The van der Waals surface area contributed by atoms with Crippen molar-refractivity contribution < 1.29 is 17.6 Å². The van der Waals surface area contributed by atoms with Crippen LogP contribution in [0.2, 0.25) is 0 Å². The second kappa shape index (κ2) is 8.16. The number of carbonyl (C=O) groups excluding carboxylic acids is 1. The number of hydrogen-bond donors (Lipinski definition) is 1. The van der Waals surface area contributed by atoms with Crippen molar-refractivity contribution in [3.63, 3.8) is 0 Å². The lowest BCUT2D eigenvalue weighted by atomic mass is 9.99. The lowest BCUT2D eigenvalue weighted by Gasteiger charge is -2.30. The number of aromatic nitrogens is 2. The maximum atomic E-state index is 13.1. The molecule has 1 saturated heterocycles. The molecule has 7 nitrogen and oxygen atoms in total. The Kier molecular flexibility index (Phi) is 5.57. The minimum atomic E-state index is -3.28. The zero-order chi connectivity index (χ0) is 21.3. The first-order valence-electron chi connectivity index (χ1n) is 9.77. The van der Waals surface area contributed by atoms with Gasteiger partial charge in [-0.3, -0.25) is 4.79 Å². The van der Waals surface area contributed by atoms with Gasteiger partial charge in [-0.1, -0.05) is 18.2 Å². The third-order valence-electron chi connectivity index (χ3n) is 5.38. The zero-order valence-electron chi connectivity index (χ0n) is 16.6.